The minimum absolute atomic E-state index is 0.0554. The van der Waals surface area contributed by atoms with Gasteiger partial charge in [0.1, 0.15) is 0 Å². The fourth-order valence-corrected chi connectivity index (χ4v) is 3.85. The summed E-state index contributed by atoms with van der Waals surface area (Å²) < 4.78 is 31.3. The predicted molar refractivity (Wildman–Crippen MR) is 101 cm³/mol. The first kappa shape index (κ1) is 20.8. The van der Waals surface area contributed by atoms with Crippen LogP contribution in [-0.4, -0.2) is 76.5 Å². The lowest BCUT2D eigenvalue weighted by Gasteiger charge is -2.33. The van der Waals surface area contributed by atoms with E-state index in [0.29, 0.717) is 24.6 Å². The van der Waals surface area contributed by atoms with Crippen LogP contribution in [0.5, 0.6) is 0 Å². The maximum atomic E-state index is 12.4. The van der Waals surface area contributed by atoms with Crippen LogP contribution < -0.4 is 5.32 Å². The number of carbonyl (C=O) groups excluding carboxylic acids is 1. The molecule has 1 heterocycles. The van der Waals surface area contributed by atoms with Gasteiger partial charge in [-0.1, -0.05) is 19.9 Å². The summed E-state index contributed by atoms with van der Waals surface area (Å²) in [4.78, 5) is 14.9. The molecule has 1 fully saturated rings. The highest BCUT2D eigenvalue weighted by atomic mass is 32.2. The number of amides is 1. The fraction of sp³-hybridized carbons (Fsp3) is 0.611. The van der Waals surface area contributed by atoms with E-state index >= 15 is 0 Å². The van der Waals surface area contributed by atoms with Crippen LogP contribution in [0, 0.1) is 5.92 Å². The number of sulfonamides is 1. The molecule has 0 aromatic heterocycles. The Balaban J connectivity index is 1.96. The van der Waals surface area contributed by atoms with Gasteiger partial charge in [-0.15, -0.1) is 0 Å². The van der Waals surface area contributed by atoms with Crippen LogP contribution >= 0.6 is 0 Å². The lowest BCUT2D eigenvalue weighted by atomic mass is 10.1. The first-order valence-corrected chi connectivity index (χ1v) is 10.3. The third-order valence-corrected chi connectivity index (χ3v) is 6.02. The first-order valence-electron chi connectivity index (χ1n) is 8.85. The summed E-state index contributed by atoms with van der Waals surface area (Å²) in [5.74, 6) is 0.287. The maximum Gasteiger partial charge on any atom is 0.251 e. The molecule has 1 aromatic carbocycles. The van der Waals surface area contributed by atoms with Crippen molar-refractivity contribution in [2.24, 2.45) is 5.92 Å². The number of morpholine rings is 1. The molecule has 0 aliphatic carbocycles. The van der Waals surface area contributed by atoms with Gasteiger partial charge in [0.15, 0.2) is 0 Å². The summed E-state index contributed by atoms with van der Waals surface area (Å²) in [6.07, 6.45) is -0.0554. The van der Waals surface area contributed by atoms with E-state index in [0.717, 1.165) is 23.9 Å². The molecule has 2 rings (SSSR count). The average Bonchev–Trinajstić information content (AvgIpc) is 2.59. The molecule has 8 heteroatoms. The number of hydrogen-bond acceptors (Lipinski definition) is 5. The van der Waals surface area contributed by atoms with Crippen LogP contribution in [0.2, 0.25) is 0 Å². The van der Waals surface area contributed by atoms with Crippen molar-refractivity contribution in [2.45, 2.75) is 24.8 Å². The molecule has 1 N–H and O–H groups in total. The molecule has 1 atom stereocenters. The van der Waals surface area contributed by atoms with Crippen LogP contribution in [0.4, 0.5) is 0 Å². The Bertz CT molecular complexity index is 719. The molecule has 1 aliphatic heterocycles. The number of nitrogens with one attached hydrogen (secondary N) is 1. The molecule has 1 unspecified atom stereocenters. The summed E-state index contributed by atoms with van der Waals surface area (Å²) in [6.45, 7) is 8.13. The van der Waals surface area contributed by atoms with Gasteiger partial charge in [-0.25, -0.2) is 12.7 Å². The predicted octanol–water partition coefficient (Wildman–Crippen LogP) is 1.02. The van der Waals surface area contributed by atoms with Crippen LogP contribution in [0.25, 0.3) is 0 Å². The van der Waals surface area contributed by atoms with Crippen LogP contribution in [0.3, 0.4) is 0 Å². The SMILES string of the molecule is CC(C)CN1CCOC(CNC(=O)c2cccc(S(=O)(=O)N(C)C)c2)C1. The van der Waals surface area contributed by atoms with Gasteiger partial charge in [0.2, 0.25) is 10.0 Å². The monoisotopic (exact) mass is 383 g/mol. The van der Waals surface area contributed by atoms with Crippen LogP contribution in [-0.2, 0) is 14.8 Å². The van der Waals surface area contributed by atoms with Crippen molar-refractivity contribution in [3.63, 3.8) is 0 Å². The smallest absolute Gasteiger partial charge is 0.251 e. The van der Waals surface area contributed by atoms with Gasteiger partial charge in [-0.2, -0.15) is 0 Å². The number of nitrogens with zero attached hydrogens (tertiary/aromatic N) is 2. The van der Waals surface area contributed by atoms with Crippen molar-refractivity contribution in [1.29, 1.82) is 0 Å². The molecule has 0 bridgehead atoms. The van der Waals surface area contributed by atoms with E-state index in [1.807, 2.05) is 0 Å². The Morgan fingerprint density at radius 2 is 2.12 bits per heavy atom. The zero-order valence-corrected chi connectivity index (χ0v) is 16.8. The van der Waals surface area contributed by atoms with Gasteiger partial charge in [0.25, 0.3) is 5.91 Å². The number of rotatable bonds is 7. The van der Waals surface area contributed by atoms with E-state index in [1.165, 1.54) is 26.2 Å². The third-order valence-electron chi connectivity index (χ3n) is 4.21. The number of carbonyl (C=O) groups is 1. The van der Waals surface area contributed by atoms with E-state index in [9.17, 15) is 13.2 Å². The van der Waals surface area contributed by atoms with Crippen molar-refractivity contribution in [3.8, 4) is 0 Å². The first-order chi connectivity index (χ1) is 12.2. The van der Waals surface area contributed by atoms with Crippen LogP contribution in [0.15, 0.2) is 29.2 Å². The van der Waals surface area contributed by atoms with E-state index in [2.05, 4.69) is 24.1 Å². The Morgan fingerprint density at radius 3 is 2.77 bits per heavy atom. The summed E-state index contributed by atoms with van der Waals surface area (Å²) in [6, 6.07) is 6.07. The number of benzene rings is 1. The molecule has 1 aliphatic rings. The summed E-state index contributed by atoms with van der Waals surface area (Å²) >= 11 is 0. The van der Waals surface area contributed by atoms with Gasteiger partial charge < -0.3 is 10.1 Å². The minimum atomic E-state index is -3.57. The molecule has 7 nitrogen and oxygen atoms in total. The Morgan fingerprint density at radius 1 is 1.38 bits per heavy atom. The van der Waals surface area contributed by atoms with Gasteiger partial charge >= 0.3 is 0 Å². The maximum absolute atomic E-state index is 12.4. The Labute approximate surface area is 156 Å². The molecular weight excluding hydrogens is 354 g/mol. The minimum Gasteiger partial charge on any atom is -0.374 e. The molecule has 1 saturated heterocycles. The van der Waals surface area contributed by atoms with Crippen LogP contribution in [0.1, 0.15) is 24.2 Å². The molecule has 1 aromatic rings. The number of hydrogen-bond donors (Lipinski definition) is 1. The normalized spacial score (nSPS) is 19.1. The van der Waals surface area contributed by atoms with Crippen molar-refractivity contribution < 1.29 is 17.9 Å². The standard InChI is InChI=1S/C18H29N3O4S/c1-14(2)12-21-8-9-25-16(13-21)11-19-18(22)15-6-5-7-17(10-15)26(23,24)20(3)4/h5-7,10,14,16H,8-9,11-13H2,1-4H3,(H,19,22). The van der Waals surface area contributed by atoms with Crippen molar-refractivity contribution in [2.75, 3.05) is 46.9 Å². The third kappa shape index (κ3) is 5.51. The average molecular weight is 384 g/mol. The highest BCUT2D eigenvalue weighted by Gasteiger charge is 2.22. The molecule has 0 saturated carbocycles. The highest BCUT2D eigenvalue weighted by Crippen LogP contribution is 2.15. The van der Waals surface area contributed by atoms with Crippen molar-refractivity contribution in [3.05, 3.63) is 29.8 Å². The van der Waals surface area contributed by atoms with Gasteiger partial charge in [0, 0.05) is 45.8 Å². The van der Waals surface area contributed by atoms with E-state index in [4.69, 9.17) is 4.74 Å². The quantitative estimate of drug-likeness (QED) is 0.761. The van der Waals surface area contributed by atoms with Crippen molar-refractivity contribution >= 4 is 15.9 Å². The lowest BCUT2D eigenvalue weighted by molar-refractivity contribution is -0.0295. The highest BCUT2D eigenvalue weighted by molar-refractivity contribution is 7.89. The summed E-state index contributed by atoms with van der Waals surface area (Å²) in [5.41, 5.74) is 0.322. The van der Waals surface area contributed by atoms with Gasteiger partial charge in [0.05, 0.1) is 17.6 Å². The van der Waals surface area contributed by atoms with E-state index in [-0.39, 0.29) is 16.9 Å². The molecule has 26 heavy (non-hydrogen) atoms. The topological polar surface area (TPSA) is 79.0 Å². The second-order valence-electron chi connectivity index (χ2n) is 7.17. The van der Waals surface area contributed by atoms with Crippen molar-refractivity contribution in [1.82, 2.24) is 14.5 Å². The Hall–Kier alpha value is -1.48. The lowest BCUT2D eigenvalue weighted by Crippen LogP contribution is -2.48. The Kier molecular flexibility index (Phi) is 7.16. The number of ether oxygens (including phenoxy) is 1. The molecule has 1 amide bonds. The fourth-order valence-electron chi connectivity index (χ4n) is 2.90. The second kappa shape index (κ2) is 8.94. The molecule has 0 radical (unpaired) electrons. The van der Waals surface area contributed by atoms with Gasteiger partial charge in [-0.3, -0.25) is 9.69 Å². The zero-order valence-electron chi connectivity index (χ0n) is 15.9. The second-order valence-corrected chi connectivity index (χ2v) is 9.32. The molecular formula is C18H29N3O4S. The summed E-state index contributed by atoms with van der Waals surface area (Å²) in [5, 5.41) is 2.85. The molecule has 146 valence electrons. The van der Waals surface area contributed by atoms with Gasteiger partial charge in [-0.05, 0) is 24.1 Å². The zero-order chi connectivity index (χ0) is 19.3. The van der Waals surface area contributed by atoms with E-state index in [1.54, 1.807) is 12.1 Å². The van der Waals surface area contributed by atoms with E-state index < -0.39 is 10.0 Å². The summed E-state index contributed by atoms with van der Waals surface area (Å²) in [7, 11) is -0.638. The molecule has 0 spiro atoms. The largest absolute Gasteiger partial charge is 0.374 e.